The second kappa shape index (κ2) is 6.36. The smallest absolute Gasteiger partial charge is 0.262 e. The van der Waals surface area contributed by atoms with Crippen LogP contribution >= 0.6 is 0 Å². The Hall–Kier alpha value is -3.04. The van der Waals surface area contributed by atoms with Crippen molar-refractivity contribution in [2.45, 2.75) is 19.0 Å². The lowest BCUT2D eigenvalue weighted by Crippen LogP contribution is -2.26. The van der Waals surface area contributed by atoms with Crippen LogP contribution in [0.1, 0.15) is 11.5 Å². The molecule has 134 valence electrons. The molecule has 0 radical (unpaired) electrons. The molecule has 26 heavy (non-hydrogen) atoms. The number of imidazole rings is 1. The van der Waals surface area contributed by atoms with Crippen molar-refractivity contribution < 1.29 is 5.11 Å². The van der Waals surface area contributed by atoms with E-state index in [2.05, 4.69) is 15.2 Å². The van der Waals surface area contributed by atoms with Crippen molar-refractivity contribution in [1.29, 1.82) is 0 Å². The minimum absolute atomic E-state index is 0.0817. The molecule has 3 heterocycles. The van der Waals surface area contributed by atoms with Crippen LogP contribution in [0, 0.1) is 0 Å². The van der Waals surface area contributed by atoms with Gasteiger partial charge in [-0.3, -0.25) is 13.8 Å². The average molecular weight is 353 g/mol. The standard InChI is InChI=1S/C17H19N7O2/c1-22-16(26)13-4-2-3-5-14(13)24-15(20-21-17(22)24)8-23-7-12(19-10-23)6-11(18)9-25/h2-5,7,10-11,25H,6,8-9,18H2,1H3/t11-/m0/s1. The number of hydrogen-bond donors (Lipinski definition) is 2. The van der Waals surface area contributed by atoms with Gasteiger partial charge in [-0.1, -0.05) is 12.1 Å². The van der Waals surface area contributed by atoms with Crippen molar-refractivity contribution in [1.82, 2.24) is 28.7 Å². The summed E-state index contributed by atoms with van der Waals surface area (Å²) in [6, 6.07) is 7.08. The van der Waals surface area contributed by atoms with Crippen LogP contribution in [-0.2, 0) is 20.0 Å². The Labute approximate surface area is 148 Å². The highest BCUT2D eigenvalue weighted by atomic mass is 16.3. The van der Waals surface area contributed by atoms with Gasteiger partial charge in [-0.05, 0) is 12.1 Å². The maximum atomic E-state index is 12.5. The van der Waals surface area contributed by atoms with E-state index in [1.165, 1.54) is 4.57 Å². The van der Waals surface area contributed by atoms with E-state index in [9.17, 15) is 4.79 Å². The predicted octanol–water partition coefficient (Wildman–Crippen LogP) is -0.312. The summed E-state index contributed by atoms with van der Waals surface area (Å²) in [5.74, 6) is 1.19. The molecule has 0 spiro atoms. The minimum atomic E-state index is -0.328. The van der Waals surface area contributed by atoms with Gasteiger partial charge in [0, 0.05) is 25.7 Å². The predicted molar refractivity (Wildman–Crippen MR) is 95.8 cm³/mol. The zero-order valence-electron chi connectivity index (χ0n) is 14.3. The number of para-hydroxylation sites is 1. The summed E-state index contributed by atoms with van der Waals surface area (Å²) in [4.78, 5) is 16.8. The summed E-state index contributed by atoms with van der Waals surface area (Å²) in [5.41, 5.74) is 7.23. The summed E-state index contributed by atoms with van der Waals surface area (Å²) in [7, 11) is 1.69. The van der Waals surface area contributed by atoms with Crippen molar-refractivity contribution in [3.05, 3.63) is 58.7 Å². The quantitative estimate of drug-likeness (QED) is 0.508. The molecule has 0 aliphatic rings. The van der Waals surface area contributed by atoms with E-state index in [0.29, 0.717) is 30.0 Å². The summed E-state index contributed by atoms with van der Waals surface area (Å²) < 4.78 is 5.27. The first-order chi connectivity index (χ1) is 12.6. The lowest BCUT2D eigenvalue weighted by molar-refractivity contribution is 0.264. The summed E-state index contributed by atoms with van der Waals surface area (Å²) >= 11 is 0. The Morgan fingerprint density at radius 3 is 2.88 bits per heavy atom. The largest absolute Gasteiger partial charge is 0.395 e. The Bertz CT molecular complexity index is 1140. The molecule has 0 aliphatic heterocycles. The maximum absolute atomic E-state index is 12.5. The summed E-state index contributed by atoms with van der Waals surface area (Å²) in [6.07, 6.45) is 4.08. The molecule has 0 saturated carbocycles. The first-order valence-electron chi connectivity index (χ1n) is 8.27. The van der Waals surface area contributed by atoms with Gasteiger partial charge in [-0.25, -0.2) is 4.98 Å². The third-order valence-corrected chi connectivity index (χ3v) is 4.41. The lowest BCUT2D eigenvalue weighted by Gasteiger charge is -2.08. The Morgan fingerprint density at radius 2 is 2.08 bits per heavy atom. The SMILES string of the molecule is Cn1c(=O)c2ccccc2n2c(Cn3cnc(C[C@H](N)CO)c3)nnc12. The number of aliphatic hydroxyl groups excluding tert-OH is 1. The van der Waals surface area contributed by atoms with Crippen LogP contribution in [-0.4, -0.2) is 46.5 Å². The van der Waals surface area contributed by atoms with Crippen LogP contribution in [0.2, 0.25) is 0 Å². The molecule has 1 aromatic carbocycles. The van der Waals surface area contributed by atoms with Gasteiger partial charge in [0.2, 0.25) is 5.78 Å². The number of hydrogen-bond acceptors (Lipinski definition) is 6. The van der Waals surface area contributed by atoms with Crippen LogP contribution in [0.5, 0.6) is 0 Å². The van der Waals surface area contributed by atoms with Crippen molar-refractivity contribution in [3.63, 3.8) is 0 Å². The monoisotopic (exact) mass is 353 g/mol. The molecule has 3 aromatic heterocycles. The van der Waals surface area contributed by atoms with Crippen LogP contribution in [0.25, 0.3) is 16.7 Å². The minimum Gasteiger partial charge on any atom is -0.395 e. The van der Waals surface area contributed by atoms with E-state index < -0.39 is 0 Å². The number of benzene rings is 1. The number of nitrogens with zero attached hydrogens (tertiary/aromatic N) is 6. The first kappa shape index (κ1) is 16.4. The molecule has 4 rings (SSSR count). The van der Waals surface area contributed by atoms with Gasteiger partial charge in [0.1, 0.15) is 0 Å². The first-order valence-corrected chi connectivity index (χ1v) is 8.27. The van der Waals surface area contributed by atoms with E-state index in [0.717, 1.165) is 11.2 Å². The molecule has 9 heteroatoms. The number of fused-ring (bicyclic) bond motifs is 3. The molecular formula is C17H19N7O2. The third kappa shape index (κ3) is 2.67. The van der Waals surface area contributed by atoms with Gasteiger partial charge < -0.3 is 15.4 Å². The molecule has 0 amide bonds. The molecule has 0 unspecified atom stereocenters. The van der Waals surface area contributed by atoms with Gasteiger partial charge >= 0.3 is 0 Å². The number of rotatable bonds is 5. The fourth-order valence-electron chi connectivity index (χ4n) is 3.09. The highest BCUT2D eigenvalue weighted by Crippen LogP contribution is 2.14. The van der Waals surface area contributed by atoms with Crippen molar-refractivity contribution in [2.24, 2.45) is 12.8 Å². The fourth-order valence-corrected chi connectivity index (χ4v) is 3.09. The van der Waals surface area contributed by atoms with E-state index >= 15 is 0 Å². The zero-order valence-corrected chi connectivity index (χ0v) is 14.3. The number of aromatic nitrogens is 6. The topological polar surface area (TPSA) is 116 Å². The highest BCUT2D eigenvalue weighted by Gasteiger charge is 2.15. The second-order valence-electron chi connectivity index (χ2n) is 6.32. The van der Waals surface area contributed by atoms with Crippen molar-refractivity contribution in [2.75, 3.05) is 6.61 Å². The maximum Gasteiger partial charge on any atom is 0.262 e. The normalized spacial score (nSPS) is 12.9. The Balaban J connectivity index is 1.78. The number of aryl methyl sites for hydroxylation is 1. The Kier molecular flexibility index (Phi) is 4.02. The average Bonchev–Trinajstić information content (AvgIpc) is 3.27. The molecule has 9 nitrogen and oxygen atoms in total. The summed E-state index contributed by atoms with van der Waals surface area (Å²) in [6.45, 7) is 0.367. The van der Waals surface area contributed by atoms with Gasteiger partial charge in [0.25, 0.3) is 5.56 Å². The number of aliphatic hydroxyl groups is 1. The van der Waals surface area contributed by atoms with Crippen LogP contribution < -0.4 is 11.3 Å². The van der Waals surface area contributed by atoms with E-state index in [1.807, 2.05) is 33.4 Å². The van der Waals surface area contributed by atoms with Gasteiger partial charge in [-0.2, -0.15) is 0 Å². The van der Waals surface area contributed by atoms with Crippen molar-refractivity contribution >= 4 is 16.7 Å². The van der Waals surface area contributed by atoms with E-state index in [1.54, 1.807) is 19.4 Å². The van der Waals surface area contributed by atoms with Gasteiger partial charge in [-0.15, -0.1) is 10.2 Å². The molecule has 0 bridgehead atoms. The van der Waals surface area contributed by atoms with Crippen LogP contribution in [0.15, 0.2) is 41.6 Å². The molecule has 0 aliphatic carbocycles. The van der Waals surface area contributed by atoms with E-state index in [4.69, 9.17) is 10.8 Å². The fraction of sp³-hybridized carbons (Fsp3) is 0.294. The molecule has 4 aromatic rings. The van der Waals surface area contributed by atoms with Crippen LogP contribution in [0.3, 0.4) is 0 Å². The van der Waals surface area contributed by atoms with Gasteiger partial charge in [0.15, 0.2) is 5.82 Å². The zero-order chi connectivity index (χ0) is 18.3. The highest BCUT2D eigenvalue weighted by molar-refractivity contribution is 5.80. The third-order valence-electron chi connectivity index (χ3n) is 4.41. The number of nitrogens with two attached hydrogens (primary N) is 1. The lowest BCUT2D eigenvalue weighted by atomic mass is 10.2. The molecule has 1 atom stereocenters. The van der Waals surface area contributed by atoms with Gasteiger partial charge in [0.05, 0.1) is 36.1 Å². The second-order valence-corrected chi connectivity index (χ2v) is 6.32. The summed E-state index contributed by atoms with van der Waals surface area (Å²) in [5, 5.41) is 18.1. The molecule has 3 N–H and O–H groups in total. The Morgan fingerprint density at radius 1 is 1.27 bits per heavy atom. The molecule has 0 fully saturated rings. The van der Waals surface area contributed by atoms with Crippen LogP contribution in [0.4, 0.5) is 0 Å². The molecular weight excluding hydrogens is 334 g/mol. The van der Waals surface area contributed by atoms with Crippen molar-refractivity contribution in [3.8, 4) is 0 Å². The molecule has 0 saturated heterocycles. The van der Waals surface area contributed by atoms with E-state index in [-0.39, 0.29) is 18.2 Å².